The third-order valence-electron chi connectivity index (χ3n) is 7.42. The Bertz CT molecular complexity index is 1500. The van der Waals surface area contributed by atoms with Gasteiger partial charge >= 0.3 is 11.9 Å². The molecule has 4 rings (SSSR count). The van der Waals surface area contributed by atoms with Gasteiger partial charge < -0.3 is 10.2 Å². The molecule has 4 aromatic carbocycles. The van der Waals surface area contributed by atoms with Crippen LogP contribution in [-0.2, 0) is 29.4 Å². The lowest BCUT2D eigenvalue weighted by atomic mass is 9.76. The molecule has 224 valence electrons. The van der Waals surface area contributed by atoms with Crippen LogP contribution in [0.1, 0.15) is 41.5 Å². The zero-order valence-electron chi connectivity index (χ0n) is 23.8. The molecule has 0 unspecified atom stereocenters. The highest BCUT2D eigenvalue weighted by Crippen LogP contribution is 2.38. The molecule has 3 N–H and O–H groups in total. The molecule has 0 aliphatic rings. The molecule has 0 aliphatic carbocycles. The van der Waals surface area contributed by atoms with Gasteiger partial charge in [0.05, 0.1) is 23.0 Å². The quantitative estimate of drug-likeness (QED) is 0.0911. The van der Waals surface area contributed by atoms with Crippen molar-refractivity contribution in [1.82, 2.24) is 5.32 Å². The Kier molecular flexibility index (Phi) is 10.5. The van der Waals surface area contributed by atoms with Crippen molar-refractivity contribution in [2.24, 2.45) is 5.92 Å². The lowest BCUT2D eigenvalue weighted by Gasteiger charge is -2.39. The van der Waals surface area contributed by atoms with Crippen LogP contribution in [0.5, 0.6) is 0 Å². The van der Waals surface area contributed by atoms with Crippen LogP contribution in [0.25, 0.3) is 0 Å². The predicted octanol–water partition coefficient (Wildman–Crippen LogP) is 5.61. The number of carboxylic acid groups (broad SMARTS) is 2. The summed E-state index contributed by atoms with van der Waals surface area (Å²) in [6.45, 7) is 1.61. The summed E-state index contributed by atoms with van der Waals surface area (Å²) in [5.74, 6) is -3.44. The average molecular weight is 602 g/mol. The van der Waals surface area contributed by atoms with Crippen LogP contribution in [0.2, 0.25) is 0 Å². The van der Waals surface area contributed by atoms with Crippen LogP contribution in [0, 0.1) is 12.8 Å². The lowest BCUT2D eigenvalue weighted by molar-refractivity contribution is -0.144. The molecule has 0 saturated carbocycles. The molecule has 0 amide bonds. The number of benzene rings is 4. The summed E-state index contributed by atoms with van der Waals surface area (Å²) in [5, 5.41) is 23.8. The summed E-state index contributed by atoms with van der Waals surface area (Å²) in [6, 6.07) is 33.3. The first-order valence-corrected chi connectivity index (χ1v) is 15.4. The molecule has 0 bridgehead atoms. The van der Waals surface area contributed by atoms with E-state index in [-0.39, 0.29) is 30.8 Å². The molecule has 8 nitrogen and oxygen atoms in total. The molecule has 0 fully saturated rings. The highest BCUT2D eigenvalue weighted by Gasteiger charge is 2.41. The SMILES string of the molecule is Cc1ccc(S(=O)(=O)OCCC[C@H](C[C@@H](NC(c2ccccc2)(c2ccccc2)c2ccccc2)C(=O)O)C(=O)O)cc1. The number of hydrogen-bond acceptors (Lipinski definition) is 6. The minimum atomic E-state index is -4.00. The van der Waals surface area contributed by atoms with Crippen molar-refractivity contribution < 1.29 is 32.4 Å². The summed E-state index contributed by atoms with van der Waals surface area (Å²) in [4.78, 5) is 25.0. The van der Waals surface area contributed by atoms with Crippen molar-refractivity contribution in [2.75, 3.05) is 6.61 Å². The smallest absolute Gasteiger partial charge is 0.320 e. The van der Waals surface area contributed by atoms with E-state index < -0.39 is 39.6 Å². The van der Waals surface area contributed by atoms with Gasteiger partial charge in [-0.05, 0) is 55.0 Å². The highest BCUT2D eigenvalue weighted by atomic mass is 32.2. The van der Waals surface area contributed by atoms with Crippen molar-refractivity contribution in [2.45, 2.75) is 42.7 Å². The summed E-state index contributed by atoms with van der Waals surface area (Å²) < 4.78 is 30.2. The van der Waals surface area contributed by atoms with E-state index in [1.807, 2.05) is 97.9 Å². The van der Waals surface area contributed by atoms with Crippen molar-refractivity contribution in [1.29, 1.82) is 0 Å². The molecular formula is C34H35NO7S. The monoisotopic (exact) mass is 601 g/mol. The van der Waals surface area contributed by atoms with Gasteiger partial charge in [-0.25, -0.2) is 0 Å². The summed E-state index contributed by atoms with van der Waals surface area (Å²) >= 11 is 0. The van der Waals surface area contributed by atoms with Gasteiger partial charge in [-0.15, -0.1) is 0 Å². The van der Waals surface area contributed by atoms with Gasteiger partial charge in [0, 0.05) is 0 Å². The van der Waals surface area contributed by atoms with Crippen molar-refractivity contribution in [3.8, 4) is 0 Å². The first-order chi connectivity index (χ1) is 20.6. The average Bonchev–Trinajstić information content (AvgIpc) is 3.01. The van der Waals surface area contributed by atoms with Crippen LogP contribution in [0.4, 0.5) is 0 Å². The fourth-order valence-corrected chi connectivity index (χ4v) is 6.14. The Balaban J connectivity index is 1.58. The van der Waals surface area contributed by atoms with Crippen LogP contribution < -0.4 is 5.32 Å². The van der Waals surface area contributed by atoms with E-state index in [1.165, 1.54) is 12.1 Å². The molecular weight excluding hydrogens is 566 g/mol. The maximum absolute atomic E-state index is 12.7. The maximum atomic E-state index is 12.7. The predicted molar refractivity (Wildman–Crippen MR) is 163 cm³/mol. The molecule has 0 saturated heterocycles. The maximum Gasteiger partial charge on any atom is 0.320 e. The number of aliphatic carboxylic acids is 2. The number of nitrogens with one attached hydrogen (secondary N) is 1. The Morgan fingerprint density at radius 1 is 0.744 bits per heavy atom. The van der Waals surface area contributed by atoms with E-state index in [4.69, 9.17) is 4.18 Å². The number of carbonyl (C=O) groups is 2. The molecule has 2 atom stereocenters. The van der Waals surface area contributed by atoms with Crippen LogP contribution in [0.3, 0.4) is 0 Å². The Hall–Kier alpha value is -4.31. The Morgan fingerprint density at radius 2 is 1.21 bits per heavy atom. The number of hydrogen-bond donors (Lipinski definition) is 3. The molecule has 9 heteroatoms. The van der Waals surface area contributed by atoms with E-state index in [0.717, 1.165) is 22.3 Å². The summed E-state index contributed by atoms with van der Waals surface area (Å²) in [6.07, 6.45) is -0.0988. The second kappa shape index (κ2) is 14.2. The van der Waals surface area contributed by atoms with Gasteiger partial charge in [0.2, 0.25) is 0 Å². The molecule has 0 aliphatic heterocycles. The Labute approximate surface area is 252 Å². The van der Waals surface area contributed by atoms with E-state index >= 15 is 0 Å². The van der Waals surface area contributed by atoms with E-state index in [2.05, 4.69) is 5.32 Å². The van der Waals surface area contributed by atoms with E-state index in [0.29, 0.717) is 0 Å². The lowest BCUT2D eigenvalue weighted by Crippen LogP contribution is -2.53. The first kappa shape index (κ1) is 31.6. The fourth-order valence-electron chi connectivity index (χ4n) is 5.20. The zero-order valence-corrected chi connectivity index (χ0v) is 24.6. The van der Waals surface area contributed by atoms with E-state index in [9.17, 15) is 28.2 Å². The third-order valence-corrected chi connectivity index (χ3v) is 8.75. The van der Waals surface area contributed by atoms with Crippen molar-refractivity contribution >= 4 is 22.1 Å². The van der Waals surface area contributed by atoms with Gasteiger partial charge in [-0.3, -0.25) is 19.1 Å². The largest absolute Gasteiger partial charge is 0.481 e. The summed E-state index contributed by atoms with van der Waals surface area (Å²) in [7, 11) is -4.00. The fraction of sp³-hybridized carbons (Fsp3) is 0.235. The molecule has 0 radical (unpaired) electrons. The summed E-state index contributed by atoms with van der Waals surface area (Å²) in [5.41, 5.74) is 2.17. The Morgan fingerprint density at radius 3 is 1.63 bits per heavy atom. The molecule has 0 heterocycles. The van der Waals surface area contributed by atoms with Gasteiger partial charge in [-0.1, -0.05) is 109 Å². The number of rotatable bonds is 15. The number of aryl methyl sites for hydroxylation is 1. The van der Waals surface area contributed by atoms with E-state index in [1.54, 1.807) is 12.1 Å². The van der Waals surface area contributed by atoms with Crippen LogP contribution >= 0.6 is 0 Å². The first-order valence-electron chi connectivity index (χ1n) is 14.0. The normalized spacial score (nSPS) is 13.2. The van der Waals surface area contributed by atoms with Crippen LogP contribution in [-0.4, -0.2) is 43.2 Å². The van der Waals surface area contributed by atoms with Crippen molar-refractivity contribution in [3.63, 3.8) is 0 Å². The minimum Gasteiger partial charge on any atom is -0.481 e. The second-order valence-electron chi connectivity index (χ2n) is 10.4. The molecule has 4 aromatic rings. The number of carboxylic acids is 2. The van der Waals surface area contributed by atoms with Gasteiger partial charge in [0.25, 0.3) is 10.1 Å². The third kappa shape index (κ3) is 7.75. The van der Waals surface area contributed by atoms with Gasteiger partial charge in [0.15, 0.2) is 0 Å². The molecule has 0 aromatic heterocycles. The highest BCUT2D eigenvalue weighted by molar-refractivity contribution is 7.86. The molecule has 0 spiro atoms. The minimum absolute atomic E-state index is 0.0158. The standard InChI is InChI=1S/C34H35NO7S/c1-25-19-21-30(22-20-25)43(40,41)42-23-11-12-26(32(36)37)24-31(33(38)39)35-34(27-13-5-2-6-14-27,28-15-7-3-8-16-28)29-17-9-4-10-18-29/h2-10,13-22,26,31,35H,11-12,23-24H2,1H3,(H,36,37)(H,38,39)/t26-,31-/m1/s1. The molecule has 43 heavy (non-hydrogen) atoms. The van der Waals surface area contributed by atoms with Gasteiger partial charge in [-0.2, -0.15) is 8.42 Å². The zero-order chi connectivity index (χ0) is 30.9. The van der Waals surface area contributed by atoms with Crippen molar-refractivity contribution in [3.05, 3.63) is 138 Å². The van der Waals surface area contributed by atoms with Gasteiger partial charge in [0.1, 0.15) is 6.04 Å². The second-order valence-corrected chi connectivity index (χ2v) is 12.0. The topological polar surface area (TPSA) is 130 Å². The van der Waals surface area contributed by atoms with Crippen LogP contribution in [0.15, 0.2) is 120 Å².